The lowest BCUT2D eigenvalue weighted by Crippen LogP contribution is -2.43. The maximum atomic E-state index is 5.60. The van der Waals surface area contributed by atoms with Gasteiger partial charge in [-0.3, -0.25) is 4.90 Å². The molecule has 2 fully saturated rings. The number of rotatable bonds is 6. The molecule has 1 saturated heterocycles. The fourth-order valence-electron chi connectivity index (χ4n) is 3.12. The van der Waals surface area contributed by atoms with Gasteiger partial charge in [0.25, 0.3) is 0 Å². The van der Waals surface area contributed by atoms with E-state index in [1.165, 1.54) is 36.9 Å². The van der Waals surface area contributed by atoms with Crippen molar-refractivity contribution < 1.29 is 4.74 Å². The molecule has 1 aliphatic carbocycles. The third kappa shape index (κ3) is 4.29. The average molecular weight is 288 g/mol. The number of hydrogen-bond acceptors (Lipinski definition) is 3. The lowest BCUT2D eigenvalue weighted by Gasteiger charge is -2.36. The van der Waals surface area contributed by atoms with Crippen molar-refractivity contribution >= 4 is 0 Å². The largest absolute Gasteiger partial charge is 0.380 e. The fourth-order valence-corrected chi connectivity index (χ4v) is 3.12. The third-order valence-electron chi connectivity index (χ3n) is 4.88. The Morgan fingerprint density at radius 2 is 1.86 bits per heavy atom. The molecule has 2 unspecified atom stereocenters. The van der Waals surface area contributed by atoms with Crippen molar-refractivity contribution in [1.82, 2.24) is 10.2 Å². The number of nitrogens with one attached hydrogen (secondary N) is 1. The van der Waals surface area contributed by atoms with Gasteiger partial charge >= 0.3 is 0 Å². The monoisotopic (exact) mass is 288 g/mol. The Morgan fingerprint density at radius 1 is 1.14 bits per heavy atom. The molecule has 1 heterocycles. The third-order valence-corrected chi connectivity index (χ3v) is 4.88. The van der Waals surface area contributed by atoms with Gasteiger partial charge < -0.3 is 10.1 Å². The van der Waals surface area contributed by atoms with Gasteiger partial charge in [-0.15, -0.1) is 0 Å². The van der Waals surface area contributed by atoms with Crippen LogP contribution in [-0.4, -0.2) is 37.2 Å². The number of hydrogen-bond donors (Lipinski definition) is 1. The van der Waals surface area contributed by atoms with E-state index in [9.17, 15) is 0 Å². The van der Waals surface area contributed by atoms with Crippen LogP contribution in [0.25, 0.3) is 0 Å². The quantitative estimate of drug-likeness (QED) is 0.871. The molecule has 0 bridgehead atoms. The van der Waals surface area contributed by atoms with Crippen LogP contribution >= 0.6 is 0 Å². The van der Waals surface area contributed by atoms with E-state index in [1.807, 2.05) is 7.11 Å². The second-order valence-electron chi connectivity index (χ2n) is 6.75. The normalized spacial score (nSPS) is 27.0. The first-order chi connectivity index (χ1) is 10.2. The van der Waals surface area contributed by atoms with Crippen LogP contribution < -0.4 is 5.32 Å². The molecule has 1 aliphatic heterocycles. The van der Waals surface area contributed by atoms with E-state index >= 15 is 0 Å². The summed E-state index contributed by atoms with van der Waals surface area (Å²) in [5.74, 6) is 0.683. The predicted octanol–water partition coefficient (Wildman–Crippen LogP) is 2.80. The molecule has 3 heteroatoms. The minimum atomic E-state index is 0.390. The maximum absolute atomic E-state index is 5.60. The van der Waals surface area contributed by atoms with Crippen LogP contribution in [0.2, 0.25) is 0 Å². The zero-order chi connectivity index (χ0) is 14.7. The van der Waals surface area contributed by atoms with Crippen LogP contribution in [0, 0.1) is 5.92 Å². The van der Waals surface area contributed by atoms with E-state index in [2.05, 4.69) is 41.4 Å². The molecule has 1 aromatic carbocycles. The highest BCUT2D eigenvalue weighted by molar-refractivity contribution is 5.22. The van der Waals surface area contributed by atoms with E-state index in [1.54, 1.807) is 0 Å². The maximum Gasteiger partial charge on any atom is 0.0724 e. The van der Waals surface area contributed by atoms with Crippen molar-refractivity contribution in [2.75, 3.05) is 20.2 Å². The summed E-state index contributed by atoms with van der Waals surface area (Å²) in [4.78, 5) is 2.52. The van der Waals surface area contributed by atoms with Crippen LogP contribution in [0.5, 0.6) is 0 Å². The van der Waals surface area contributed by atoms with Crippen molar-refractivity contribution in [3.8, 4) is 0 Å². The van der Waals surface area contributed by atoms with Crippen molar-refractivity contribution in [3.63, 3.8) is 0 Å². The molecule has 0 amide bonds. The molecule has 21 heavy (non-hydrogen) atoms. The highest BCUT2D eigenvalue weighted by Crippen LogP contribution is 2.22. The van der Waals surface area contributed by atoms with Crippen LogP contribution in [0.4, 0.5) is 0 Å². The van der Waals surface area contributed by atoms with Gasteiger partial charge in [0.05, 0.1) is 6.10 Å². The number of ether oxygens (including phenoxy) is 1. The van der Waals surface area contributed by atoms with Crippen molar-refractivity contribution in [2.24, 2.45) is 5.92 Å². The first-order valence-electron chi connectivity index (χ1n) is 8.31. The molecule has 3 rings (SSSR count). The lowest BCUT2D eigenvalue weighted by atomic mass is 9.95. The molecule has 3 nitrogen and oxygen atoms in total. The Hall–Kier alpha value is -0.900. The SMILES string of the molecule is COC1CN(Cc2ccc(CNC3CC3)cc2)CCC1C. The average Bonchev–Trinajstić information content (AvgIpc) is 3.33. The molecule has 0 aromatic heterocycles. The van der Waals surface area contributed by atoms with Gasteiger partial charge in [-0.05, 0) is 42.9 Å². The van der Waals surface area contributed by atoms with Crippen LogP contribution in [0.15, 0.2) is 24.3 Å². The van der Waals surface area contributed by atoms with Crippen LogP contribution in [0.1, 0.15) is 37.3 Å². The van der Waals surface area contributed by atoms with Gasteiger partial charge in [0, 0.05) is 32.8 Å². The number of benzene rings is 1. The molecule has 0 radical (unpaired) electrons. The predicted molar refractivity (Wildman–Crippen MR) is 86.2 cm³/mol. The minimum Gasteiger partial charge on any atom is -0.380 e. The van der Waals surface area contributed by atoms with Crippen LogP contribution in [-0.2, 0) is 17.8 Å². The lowest BCUT2D eigenvalue weighted by molar-refractivity contribution is -0.00744. The second kappa shape index (κ2) is 6.91. The fraction of sp³-hybridized carbons (Fsp3) is 0.667. The number of nitrogens with zero attached hydrogens (tertiary/aromatic N) is 1. The molecular formula is C18H28N2O. The Morgan fingerprint density at radius 3 is 2.52 bits per heavy atom. The van der Waals surface area contributed by atoms with Crippen molar-refractivity contribution in [3.05, 3.63) is 35.4 Å². The number of piperidine rings is 1. The topological polar surface area (TPSA) is 24.5 Å². The summed E-state index contributed by atoms with van der Waals surface area (Å²) in [6.45, 7) is 6.60. The van der Waals surface area contributed by atoms with Gasteiger partial charge in [0.1, 0.15) is 0 Å². The first-order valence-corrected chi connectivity index (χ1v) is 8.31. The molecular weight excluding hydrogens is 260 g/mol. The summed E-state index contributed by atoms with van der Waals surface area (Å²) < 4.78 is 5.60. The molecule has 116 valence electrons. The molecule has 1 N–H and O–H groups in total. The molecule has 2 aliphatic rings. The number of methoxy groups -OCH3 is 1. The van der Waals surface area contributed by atoms with E-state index < -0.39 is 0 Å². The van der Waals surface area contributed by atoms with E-state index in [0.29, 0.717) is 12.0 Å². The van der Waals surface area contributed by atoms with Crippen LogP contribution in [0.3, 0.4) is 0 Å². The molecule has 2 atom stereocenters. The minimum absolute atomic E-state index is 0.390. The summed E-state index contributed by atoms with van der Waals surface area (Å²) >= 11 is 0. The Kier molecular flexibility index (Phi) is 4.94. The zero-order valence-electron chi connectivity index (χ0n) is 13.3. The standard InChI is InChI=1S/C18H28N2O/c1-14-9-10-20(13-18(14)21-2)12-16-5-3-15(4-6-16)11-19-17-7-8-17/h3-6,14,17-19H,7-13H2,1-2H3. The van der Waals surface area contributed by atoms with E-state index in [-0.39, 0.29) is 0 Å². The van der Waals surface area contributed by atoms with Gasteiger partial charge in [-0.1, -0.05) is 31.2 Å². The van der Waals surface area contributed by atoms with Gasteiger partial charge in [0.15, 0.2) is 0 Å². The van der Waals surface area contributed by atoms with Gasteiger partial charge in [-0.25, -0.2) is 0 Å². The highest BCUT2D eigenvalue weighted by Gasteiger charge is 2.25. The first kappa shape index (κ1) is 15.0. The summed E-state index contributed by atoms with van der Waals surface area (Å²) in [6, 6.07) is 9.88. The van der Waals surface area contributed by atoms with Gasteiger partial charge in [0.2, 0.25) is 0 Å². The molecule has 1 saturated carbocycles. The molecule has 0 spiro atoms. The highest BCUT2D eigenvalue weighted by atomic mass is 16.5. The Bertz CT molecular complexity index is 441. The summed E-state index contributed by atoms with van der Waals surface area (Å²) in [5.41, 5.74) is 2.81. The summed E-state index contributed by atoms with van der Waals surface area (Å²) in [6.07, 6.45) is 4.33. The van der Waals surface area contributed by atoms with Crippen molar-refractivity contribution in [2.45, 2.75) is 51.4 Å². The Labute approximate surface area is 128 Å². The second-order valence-corrected chi connectivity index (χ2v) is 6.75. The number of likely N-dealkylation sites (tertiary alicyclic amines) is 1. The Balaban J connectivity index is 1.50. The van der Waals surface area contributed by atoms with Crippen molar-refractivity contribution in [1.29, 1.82) is 0 Å². The van der Waals surface area contributed by atoms with E-state index in [4.69, 9.17) is 4.74 Å². The summed E-state index contributed by atoms with van der Waals surface area (Å²) in [7, 11) is 1.84. The van der Waals surface area contributed by atoms with Gasteiger partial charge in [-0.2, -0.15) is 0 Å². The smallest absolute Gasteiger partial charge is 0.0724 e. The molecule has 1 aromatic rings. The zero-order valence-corrected chi connectivity index (χ0v) is 13.3. The van der Waals surface area contributed by atoms with E-state index in [0.717, 1.165) is 25.7 Å². The summed E-state index contributed by atoms with van der Waals surface area (Å²) in [5, 5.41) is 3.57.